The largest absolute Gasteiger partial charge is 0.479 e. The highest BCUT2D eigenvalue weighted by atomic mass is 16.4. The Labute approximate surface area is 111 Å². The molecule has 114 valence electrons. The van der Waals surface area contributed by atoms with Crippen molar-refractivity contribution in [3.8, 4) is 0 Å². The maximum absolute atomic E-state index is 9.77. The van der Waals surface area contributed by atoms with Crippen molar-refractivity contribution in [3.05, 3.63) is 0 Å². The van der Waals surface area contributed by atoms with Crippen molar-refractivity contribution in [2.75, 3.05) is 0 Å². The maximum Gasteiger partial charge on any atom is 0.335 e. The molecule has 0 unspecified atom stereocenters. The first-order valence-electron chi connectivity index (χ1n) is 4.28. The number of hydrazone groups is 2. The van der Waals surface area contributed by atoms with Gasteiger partial charge in [0, 0.05) is 0 Å². The second kappa shape index (κ2) is 16.0. The van der Waals surface area contributed by atoms with Gasteiger partial charge in [0.15, 0.2) is 24.9 Å². The Hall–Kier alpha value is -3.00. The van der Waals surface area contributed by atoms with Crippen molar-refractivity contribution in [3.63, 3.8) is 0 Å². The predicted molar refractivity (Wildman–Crippen MR) is 62.9 cm³/mol. The lowest BCUT2D eigenvalue weighted by Gasteiger charge is -2.07. The number of carboxylic acid groups (broad SMARTS) is 2. The Bertz CT molecular complexity index is 323. The van der Waals surface area contributed by atoms with Gasteiger partial charge in [-0.3, -0.25) is 0 Å². The van der Waals surface area contributed by atoms with E-state index in [-0.39, 0.29) is 0 Å². The quantitative estimate of drug-likeness (QED) is 0.0896. The van der Waals surface area contributed by atoms with Crippen LogP contribution in [0.1, 0.15) is 0 Å². The van der Waals surface area contributed by atoms with Gasteiger partial charge in [-0.2, -0.15) is 10.2 Å². The van der Waals surface area contributed by atoms with Crippen LogP contribution < -0.4 is 11.7 Å². The molecule has 0 saturated carbocycles. The highest BCUT2D eigenvalue weighted by molar-refractivity contribution is 5.83. The van der Waals surface area contributed by atoms with Gasteiger partial charge >= 0.3 is 11.9 Å². The summed E-state index contributed by atoms with van der Waals surface area (Å²) in [6.07, 6.45) is -2.64. The molecule has 0 aromatic carbocycles. The van der Waals surface area contributed by atoms with E-state index in [1.807, 2.05) is 0 Å². The van der Waals surface area contributed by atoms with E-state index in [2.05, 4.69) is 32.1 Å². The number of aliphatic hydroxyl groups excluding tert-OH is 2. The molecule has 0 bridgehead atoms. The molecule has 0 radical (unpaired) electrons. The van der Waals surface area contributed by atoms with E-state index in [1.54, 1.807) is 0 Å². The molecule has 0 amide bonds. The minimum Gasteiger partial charge on any atom is -0.479 e. The summed E-state index contributed by atoms with van der Waals surface area (Å²) in [6.45, 7) is 0. The van der Waals surface area contributed by atoms with E-state index >= 15 is 0 Å². The van der Waals surface area contributed by atoms with Crippen LogP contribution in [0.2, 0.25) is 0 Å². The molecule has 0 heterocycles. The van der Waals surface area contributed by atoms with Gasteiger partial charge in [0.2, 0.25) is 0 Å². The Kier molecular flexibility index (Phi) is 17.8. The van der Waals surface area contributed by atoms with Gasteiger partial charge in [-0.05, 0) is 0 Å². The van der Waals surface area contributed by atoms with E-state index in [0.29, 0.717) is 0 Å². The summed E-state index contributed by atoms with van der Waals surface area (Å²) in [5, 5.41) is 43.7. The van der Waals surface area contributed by atoms with Crippen molar-refractivity contribution in [2.45, 2.75) is 12.2 Å². The number of hydrogen-bond donors (Lipinski definition) is 8. The Morgan fingerprint density at radius 2 is 1.15 bits per heavy atom. The number of hydrogen-bond acceptors (Lipinski definition) is 10. The number of carbonyl (C=O) groups is 2. The number of nitrogens with zero attached hydrogens (tertiary/aromatic N) is 4. The molecule has 14 nitrogen and oxygen atoms in total. The number of aliphatic hydroxyl groups is 2. The van der Waals surface area contributed by atoms with Gasteiger partial charge in [-0.1, -0.05) is 0 Å². The highest BCUT2D eigenvalue weighted by Gasteiger charge is 2.29. The highest BCUT2D eigenvalue weighted by Crippen LogP contribution is 1.92. The number of aliphatic carboxylic acids is 2. The van der Waals surface area contributed by atoms with Gasteiger partial charge in [-0.15, -0.1) is 10.2 Å². The summed E-state index contributed by atoms with van der Waals surface area (Å²) in [7, 11) is 0. The van der Waals surface area contributed by atoms with Crippen molar-refractivity contribution < 1.29 is 30.0 Å². The van der Waals surface area contributed by atoms with Crippen molar-refractivity contribution in [1.82, 2.24) is 0 Å². The average molecular weight is 294 g/mol. The first kappa shape index (κ1) is 22.2. The van der Waals surface area contributed by atoms with E-state index in [9.17, 15) is 9.59 Å². The molecule has 0 aliphatic heterocycles. The van der Waals surface area contributed by atoms with Crippen LogP contribution in [0.15, 0.2) is 20.4 Å². The predicted octanol–water partition coefficient (Wildman–Crippen LogP) is -2.28. The van der Waals surface area contributed by atoms with Gasteiger partial charge in [0.25, 0.3) is 0 Å². The van der Waals surface area contributed by atoms with Crippen LogP contribution in [-0.2, 0) is 9.59 Å². The Balaban J connectivity index is -0.000000244. The smallest absolute Gasteiger partial charge is 0.335 e. The molecule has 0 rings (SSSR count). The number of nitrogens with one attached hydrogen (secondary N) is 2. The first-order chi connectivity index (χ1) is 9.29. The zero-order valence-corrected chi connectivity index (χ0v) is 9.86. The monoisotopic (exact) mass is 294 g/mol. The summed E-state index contributed by atoms with van der Waals surface area (Å²) in [5.41, 5.74) is 12.0. The van der Waals surface area contributed by atoms with E-state index in [1.165, 1.54) is 0 Å². The molecule has 2 atom stereocenters. The van der Waals surface area contributed by atoms with Crippen LogP contribution >= 0.6 is 0 Å². The topological polar surface area (TPSA) is 264 Å². The average Bonchev–Trinajstić information content (AvgIpc) is 2.40. The lowest BCUT2D eigenvalue weighted by Crippen LogP contribution is -2.39. The molecule has 0 aliphatic carbocycles. The van der Waals surface area contributed by atoms with Gasteiger partial charge in [-0.25, -0.2) is 20.7 Å². The minimum absolute atomic E-state index is 0.944. The van der Waals surface area contributed by atoms with Crippen molar-refractivity contribution >= 4 is 24.6 Å². The zero-order valence-electron chi connectivity index (χ0n) is 9.86. The van der Waals surface area contributed by atoms with Crippen LogP contribution in [0, 0.1) is 11.1 Å². The summed E-state index contributed by atoms with van der Waals surface area (Å²) in [5.74, 6) is 5.45. The SMILES string of the molecule is N=NC=NN.N=NC=NN.O=C(O)[C@H](O)[C@@H](O)C(=O)O. The molecular weight excluding hydrogens is 280 g/mol. The van der Waals surface area contributed by atoms with Crippen LogP contribution in [0.3, 0.4) is 0 Å². The van der Waals surface area contributed by atoms with Gasteiger partial charge in [0.05, 0.1) is 0 Å². The van der Waals surface area contributed by atoms with E-state index < -0.39 is 24.1 Å². The molecule has 10 N–H and O–H groups in total. The molecule has 0 fully saturated rings. The molecule has 0 aromatic heterocycles. The molecule has 0 saturated heterocycles. The van der Waals surface area contributed by atoms with E-state index in [0.717, 1.165) is 12.7 Å². The number of nitrogens with two attached hydrogens (primary N) is 2. The summed E-state index contributed by atoms with van der Waals surface area (Å²) in [4.78, 5) is 19.5. The van der Waals surface area contributed by atoms with Crippen molar-refractivity contribution in [1.29, 1.82) is 11.1 Å². The van der Waals surface area contributed by atoms with Gasteiger partial charge < -0.3 is 32.1 Å². The van der Waals surface area contributed by atoms with Crippen molar-refractivity contribution in [2.24, 2.45) is 32.1 Å². The summed E-state index contributed by atoms with van der Waals surface area (Å²) >= 11 is 0. The third-order valence-electron chi connectivity index (χ3n) is 1.05. The fourth-order valence-corrected chi connectivity index (χ4v) is 0.337. The van der Waals surface area contributed by atoms with Crippen LogP contribution in [0.25, 0.3) is 0 Å². The third kappa shape index (κ3) is 17.4. The van der Waals surface area contributed by atoms with Gasteiger partial charge in [0.1, 0.15) is 0 Å². The summed E-state index contributed by atoms with van der Waals surface area (Å²) in [6, 6.07) is 0. The minimum atomic E-state index is -2.27. The molecule has 0 aliphatic rings. The van der Waals surface area contributed by atoms with Crippen LogP contribution in [0.4, 0.5) is 0 Å². The standard InChI is InChI=1S/C4H6O6.2CH4N4/c5-1(3(7)8)2(6)4(9)10;2*2-4-1-5-3/h1-2,5-6H,(H,7,8)(H,9,10);2*1-2H,3H2/t1-,2-;;/m1../s1. The first-order valence-corrected chi connectivity index (χ1v) is 4.28. The van der Waals surface area contributed by atoms with Crippen LogP contribution in [-0.4, -0.2) is 57.2 Å². The Morgan fingerprint density at radius 3 is 1.20 bits per heavy atom. The second-order valence-corrected chi connectivity index (χ2v) is 2.35. The normalized spacial score (nSPS) is 12.3. The second-order valence-electron chi connectivity index (χ2n) is 2.35. The van der Waals surface area contributed by atoms with Crippen LogP contribution in [0.5, 0.6) is 0 Å². The number of rotatable bonds is 5. The lowest BCUT2D eigenvalue weighted by molar-refractivity contribution is -0.165. The van der Waals surface area contributed by atoms with E-state index in [4.69, 9.17) is 31.5 Å². The fourth-order valence-electron chi connectivity index (χ4n) is 0.337. The molecule has 20 heavy (non-hydrogen) atoms. The molecule has 0 aromatic rings. The third-order valence-corrected chi connectivity index (χ3v) is 1.05. The zero-order chi connectivity index (χ0) is 16.6. The lowest BCUT2D eigenvalue weighted by atomic mass is 10.2. The molecule has 14 heteroatoms. The fraction of sp³-hybridized carbons (Fsp3) is 0.333. The number of carboxylic acids is 2. The molecular formula is C6H14N8O6. The summed E-state index contributed by atoms with van der Waals surface area (Å²) < 4.78 is 0. The Morgan fingerprint density at radius 1 is 0.900 bits per heavy atom. The maximum atomic E-state index is 9.77. The molecule has 0 spiro atoms.